The van der Waals surface area contributed by atoms with E-state index in [0.29, 0.717) is 17.3 Å². The van der Waals surface area contributed by atoms with Gasteiger partial charge in [-0.15, -0.1) is 0 Å². The van der Waals surface area contributed by atoms with E-state index in [1.807, 2.05) is 36.9 Å². The van der Waals surface area contributed by atoms with Crippen molar-refractivity contribution in [2.75, 3.05) is 11.9 Å². The van der Waals surface area contributed by atoms with E-state index in [1.165, 1.54) is 12.1 Å². The maximum Gasteiger partial charge on any atom is 0.341 e. The first-order valence-corrected chi connectivity index (χ1v) is 10.4. The number of amides is 1. The number of sulfone groups is 1. The predicted octanol–water partition coefficient (Wildman–Crippen LogP) is 4.19. The maximum absolute atomic E-state index is 12.6. The minimum Gasteiger partial charge on any atom is -0.325 e. The predicted molar refractivity (Wildman–Crippen MR) is 105 cm³/mol. The normalized spacial score (nSPS) is 12.0. The second-order valence-electron chi connectivity index (χ2n) is 6.51. The third-order valence-corrected chi connectivity index (χ3v) is 5.69. The van der Waals surface area contributed by atoms with Crippen LogP contribution >= 0.6 is 11.6 Å². The smallest absolute Gasteiger partial charge is 0.325 e. The molecule has 152 valence electrons. The first kappa shape index (κ1) is 22.3. The Balaban J connectivity index is 2.03. The molecule has 5 nitrogen and oxygen atoms in total. The topological polar surface area (TPSA) is 66.5 Å². The molecule has 1 N–H and O–H groups in total. The minimum absolute atomic E-state index is 0.0864. The zero-order chi connectivity index (χ0) is 20.9. The van der Waals surface area contributed by atoms with E-state index in [2.05, 4.69) is 5.32 Å². The zero-order valence-electron chi connectivity index (χ0n) is 15.4. The summed E-state index contributed by atoms with van der Waals surface area (Å²) in [6.45, 7) is 4.54. The third-order valence-electron chi connectivity index (χ3n) is 4.05. The molecule has 2 rings (SSSR count). The number of nitrogens with one attached hydrogen (secondary N) is 1. The lowest BCUT2D eigenvalue weighted by atomic mass is 10.2. The highest BCUT2D eigenvalue weighted by Crippen LogP contribution is 2.20. The van der Waals surface area contributed by atoms with Gasteiger partial charge in [0.05, 0.1) is 11.4 Å². The van der Waals surface area contributed by atoms with Crippen LogP contribution in [0.2, 0.25) is 5.02 Å². The second kappa shape index (κ2) is 9.45. The average Bonchev–Trinajstić information content (AvgIpc) is 2.61. The molecule has 0 saturated carbocycles. The van der Waals surface area contributed by atoms with E-state index in [9.17, 15) is 22.0 Å². The van der Waals surface area contributed by atoms with Gasteiger partial charge in [-0.05, 0) is 55.8 Å². The lowest BCUT2D eigenvalue weighted by molar-refractivity contribution is -0.117. The second-order valence-corrected chi connectivity index (χ2v) is 8.86. The molecule has 0 radical (unpaired) electrons. The highest BCUT2D eigenvalue weighted by molar-refractivity contribution is 7.91. The van der Waals surface area contributed by atoms with Crippen molar-refractivity contribution in [1.82, 2.24) is 4.90 Å². The molecular formula is C19H21ClF2N2O3S. The van der Waals surface area contributed by atoms with Crippen LogP contribution in [0.15, 0.2) is 53.4 Å². The highest BCUT2D eigenvalue weighted by atomic mass is 35.5. The summed E-state index contributed by atoms with van der Waals surface area (Å²) in [5, 5.41) is 3.26. The van der Waals surface area contributed by atoms with Crippen LogP contribution in [0.4, 0.5) is 14.5 Å². The van der Waals surface area contributed by atoms with E-state index in [1.54, 1.807) is 6.07 Å². The molecule has 2 aromatic carbocycles. The van der Waals surface area contributed by atoms with E-state index >= 15 is 0 Å². The number of carbonyl (C=O) groups excluding carboxylic acids is 1. The van der Waals surface area contributed by atoms with Crippen molar-refractivity contribution >= 4 is 33.0 Å². The summed E-state index contributed by atoms with van der Waals surface area (Å²) in [6.07, 6.45) is 0. The maximum atomic E-state index is 12.6. The van der Waals surface area contributed by atoms with Crippen LogP contribution in [0.25, 0.3) is 0 Å². The molecule has 28 heavy (non-hydrogen) atoms. The van der Waals surface area contributed by atoms with E-state index < -0.39 is 20.5 Å². The first-order chi connectivity index (χ1) is 13.1. The van der Waals surface area contributed by atoms with Gasteiger partial charge in [0, 0.05) is 23.3 Å². The van der Waals surface area contributed by atoms with E-state index in [0.717, 1.165) is 17.7 Å². The number of rotatable bonds is 8. The van der Waals surface area contributed by atoms with Gasteiger partial charge in [-0.3, -0.25) is 9.69 Å². The summed E-state index contributed by atoms with van der Waals surface area (Å²) in [5.74, 6) is -3.79. The Morgan fingerprint density at radius 3 is 2.32 bits per heavy atom. The molecule has 0 fully saturated rings. The third kappa shape index (κ3) is 5.98. The summed E-state index contributed by atoms with van der Waals surface area (Å²) in [6, 6.07) is 12.1. The van der Waals surface area contributed by atoms with Crippen LogP contribution in [0, 0.1) is 0 Å². The molecule has 1 amide bonds. The molecule has 0 aromatic heterocycles. The zero-order valence-corrected chi connectivity index (χ0v) is 17.0. The Hall–Kier alpha value is -2.03. The molecule has 0 aliphatic heterocycles. The standard InChI is InChI=1S/C19H21ClF2N2O3S/c1-13(2)24(11-14-4-3-5-15(20)10-14)12-18(25)23-16-6-8-17(9-7-16)28(26,27)19(21)22/h3-10,13,19H,11-12H2,1-2H3,(H,23,25). The van der Waals surface area contributed by atoms with Crippen molar-refractivity contribution in [2.24, 2.45) is 0 Å². The number of nitrogens with zero attached hydrogens (tertiary/aromatic N) is 1. The number of halogens is 3. The molecule has 0 saturated heterocycles. The Morgan fingerprint density at radius 2 is 1.79 bits per heavy atom. The summed E-state index contributed by atoms with van der Waals surface area (Å²) >= 11 is 6.00. The number of hydrogen-bond donors (Lipinski definition) is 1. The van der Waals surface area contributed by atoms with Crippen LogP contribution in [-0.2, 0) is 21.2 Å². The van der Waals surface area contributed by atoms with Crippen LogP contribution in [-0.4, -0.2) is 37.6 Å². The lowest BCUT2D eigenvalue weighted by Gasteiger charge is -2.26. The van der Waals surface area contributed by atoms with Crippen LogP contribution in [0.1, 0.15) is 19.4 Å². The van der Waals surface area contributed by atoms with Crippen LogP contribution < -0.4 is 5.32 Å². The van der Waals surface area contributed by atoms with Crippen molar-refractivity contribution < 1.29 is 22.0 Å². The molecule has 0 bridgehead atoms. The molecule has 9 heteroatoms. The molecular weight excluding hydrogens is 410 g/mol. The van der Waals surface area contributed by atoms with Crippen molar-refractivity contribution in [1.29, 1.82) is 0 Å². The molecule has 0 spiro atoms. The SMILES string of the molecule is CC(C)N(CC(=O)Nc1ccc(S(=O)(=O)C(F)F)cc1)Cc1cccc(Cl)c1. The van der Waals surface area contributed by atoms with Gasteiger partial charge in [-0.1, -0.05) is 23.7 Å². The fourth-order valence-corrected chi connectivity index (χ4v) is 3.44. The molecule has 0 unspecified atom stereocenters. The fraction of sp³-hybridized carbons (Fsp3) is 0.316. The van der Waals surface area contributed by atoms with Gasteiger partial charge in [-0.25, -0.2) is 8.42 Å². The monoisotopic (exact) mass is 430 g/mol. The van der Waals surface area contributed by atoms with Crippen molar-refractivity contribution in [3.8, 4) is 0 Å². The van der Waals surface area contributed by atoms with Crippen molar-refractivity contribution in [3.63, 3.8) is 0 Å². The van der Waals surface area contributed by atoms with Crippen LogP contribution in [0.5, 0.6) is 0 Å². The van der Waals surface area contributed by atoms with Gasteiger partial charge in [0.2, 0.25) is 15.7 Å². The fourth-order valence-electron chi connectivity index (χ4n) is 2.51. The van der Waals surface area contributed by atoms with Gasteiger partial charge >= 0.3 is 5.76 Å². The van der Waals surface area contributed by atoms with Crippen molar-refractivity contribution in [3.05, 3.63) is 59.1 Å². The number of alkyl halides is 2. The van der Waals surface area contributed by atoms with E-state index in [-0.39, 0.29) is 18.5 Å². The quantitative estimate of drug-likeness (QED) is 0.682. The number of hydrogen-bond acceptors (Lipinski definition) is 4. The van der Waals surface area contributed by atoms with Gasteiger partial charge < -0.3 is 5.32 Å². The summed E-state index contributed by atoms with van der Waals surface area (Å²) < 4.78 is 48.0. The first-order valence-electron chi connectivity index (χ1n) is 8.50. The number of anilines is 1. The Labute approximate surface area is 168 Å². The summed E-state index contributed by atoms with van der Waals surface area (Å²) in [4.78, 5) is 13.8. The molecule has 0 aliphatic rings. The number of carbonyl (C=O) groups is 1. The highest BCUT2D eigenvalue weighted by Gasteiger charge is 2.26. The van der Waals surface area contributed by atoms with Crippen molar-refractivity contribution in [2.45, 2.75) is 37.1 Å². The lowest BCUT2D eigenvalue weighted by Crippen LogP contribution is -2.37. The molecule has 0 aliphatic carbocycles. The van der Waals surface area contributed by atoms with Gasteiger partial charge in [0.25, 0.3) is 0 Å². The molecule has 0 atom stereocenters. The minimum atomic E-state index is -4.66. The summed E-state index contributed by atoms with van der Waals surface area (Å²) in [5.41, 5.74) is 1.29. The summed E-state index contributed by atoms with van der Waals surface area (Å²) in [7, 11) is -4.66. The van der Waals surface area contributed by atoms with Gasteiger partial charge in [-0.2, -0.15) is 8.78 Å². The Kier molecular flexibility index (Phi) is 7.51. The largest absolute Gasteiger partial charge is 0.341 e. The Morgan fingerprint density at radius 1 is 1.14 bits per heavy atom. The van der Waals surface area contributed by atoms with Gasteiger partial charge in [0.15, 0.2) is 0 Å². The van der Waals surface area contributed by atoms with Gasteiger partial charge in [0.1, 0.15) is 0 Å². The average molecular weight is 431 g/mol. The molecule has 0 heterocycles. The van der Waals surface area contributed by atoms with Crippen LogP contribution in [0.3, 0.4) is 0 Å². The van der Waals surface area contributed by atoms with E-state index in [4.69, 9.17) is 11.6 Å². The Bertz CT molecular complexity index is 919. The number of benzene rings is 2. The molecule has 2 aromatic rings.